The second kappa shape index (κ2) is 10.1. The molecule has 0 spiro atoms. The molecule has 1 saturated heterocycles. The summed E-state index contributed by atoms with van der Waals surface area (Å²) in [6, 6.07) is 9.52. The van der Waals surface area contributed by atoms with Gasteiger partial charge in [-0.3, -0.25) is 0 Å². The topological polar surface area (TPSA) is 61.3 Å². The molecule has 1 aliphatic carbocycles. The van der Waals surface area contributed by atoms with Crippen molar-refractivity contribution in [1.29, 1.82) is 0 Å². The minimum Gasteiger partial charge on any atom is -0.396 e. The Bertz CT molecular complexity index is 931. The molecular formula is C28H42N4O. The van der Waals surface area contributed by atoms with E-state index in [2.05, 4.69) is 67.2 Å². The number of piperidine rings is 1. The van der Waals surface area contributed by atoms with Crippen LogP contribution in [0.5, 0.6) is 0 Å². The van der Waals surface area contributed by atoms with E-state index in [4.69, 9.17) is 10.1 Å². The Kier molecular flexibility index (Phi) is 7.40. The highest BCUT2D eigenvalue weighted by molar-refractivity contribution is 5.61. The zero-order valence-corrected chi connectivity index (χ0v) is 21.0. The van der Waals surface area contributed by atoms with Gasteiger partial charge in [-0.15, -0.1) is 0 Å². The van der Waals surface area contributed by atoms with Crippen LogP contribution in [-0.4, -0.2) is 47.4 Å². The fourth-order valence-electron chi connectivity index (χ4n) is 5.42. The third-order valence-corrected chi connectivity index (χ3v) is 7.84. The first kappa shape index (κ1) is 24.2. The minimum absolute atomic E-state index is 0.186. The summed E-state index contributed by atoms with van der Waals surface area (Å²) in [6.07, 6.45) is 9.79. The van der Waals surface area contributed by atoms with Crippen LogP contribution in [0.3, 0.4) is 0 Å². The molecule has 0 radical (unpaired) electrons. The summed E-state index contributed by atoms with van der Waals surface area (Å²) < 4.78 is 0. The molecule has 2 aromatic rings. The Hall–Kier alpha value is -1.98. The molecule has 33 heavy (non-hydrogen) atoms. The SMILES string of the molecule is CC1(C)CCC(C)(C)c2cc(-c3nccc(N4CCC(NCCCCCO)CC4)n3)ccc21. The molecule has 1 fully saturated rings. The van der Waals surface area contributed by atoms with E-state index < -0.39 is 0 Å². The van der Waals surface area contributed by atoms with Gasteiger partial charge in [0.25, 0.3) is 0 Å². The third kappa shape index (κ3) is 5.58. The second-order valence-corrected chi connectivity index (χ2v) is 11.3. The number of aromatic nitrogens is 2. The lowest BCUT2D eigenvalue weighted by atomic mass is 9.63. The number of hydrogen-bond donors (Lipinski definition) is 2. The Morgan fingerprint density at radius 3 is 2.42 bits per heavy atom. The van der Waals surface area contributed by atoms with Crippen molar-refractivity contribution in [2.24, 2.45) is 0 Å². The van der Waals surface area contributed by atoms with Crippen molar-refractivity contribution in [3.05, 3.63) is 41.6 Å². The molecule has 0 amide bonds. The van der Waals surface area contributed by atoms with Crippen LogP contribution in [0.15, 0.2) is 30.5 Å². The van der Waals surface area contributed by atoms with Gasteiger partial charge in [0.05, 0.1) is 0 Å². The summed E-state index contributed by atoms with van der Waals surface area (Å²) in [5, 5.41) is 12.6. The van der Waals surface area contributed by atoms with Crippen LogP contribution >= 0.6 is 0 Å². The molecule has 0 bridgehead atoms. The molecule has 2 aliphatic rings. The fraction of sp³-hybridized carbons (Fsp3) is 0.643. The number of rotatable bonds is 8. The van der Waals surface area contributed by atoms with Crippen LogP contribution in [-0.2, 0) is 10.8 Å². The lowest BCUT2D eigenvalue weighted by Gasteiger charge is -2.42. The van der Waals surface area contributed by atoms with E-state index in [-0.39, 0.29) is 10.8 Å². The number of aliphatic hydroxyl groups excluding tert-OH is 1. The predicted molar refractivity (Wildman–Crippen MR) is 137 cm³/mol. The Morgan fingerprint density at radius 1 is 0.970 bits per heavy atom. The van der Waals surface area contributed by atoms with E-state index >= 15 is 0 Å². The van der Waals surface area contributed by atoms with E-state index in [0.717, 1.165) is 68.9 Å². The summed E-state index contributed by atoms with van der Waals surface area (Å²) in [5.41, 5.74) is 4.47. The van der Waals surface area contributed by atoms with Crippen molar-refractivity contribution in [2.75, 3.05) is 31.1 Å². The number of nitrogens with zero attached hydrogens (tertiary/aromatic N) is 3. The first-order valence-corrected chi connectivity index (χ1v) is 12.9. The molecule has 4 rings (SSSR count). The van der Waals surface area contributed by atoms with E-state index in [9.17, 15) is 0 Å². The van der Waals surface area contributed by atoms with Gasteiger partial charge in [0.2, 0.25) is 0 Å². The Labute approximate surface area is 200 Å². The normalized spacial score (nSPS) is 20.0. The average molecular weight is 451 g/mol. The van der Waals surface area contributed by atoms with Crippen LogP contribution in [0.25, 0.3) is 11.4 Å². The van der Waals surface area contributed by atoms with Crippen molar-refractivity contribution < 1.29 is 5.11 Å². The van der Waals surface area contributed by atoms with Crippen molar-refractivity contribution >= 4 is 5.82 Å². The number of aliphatic hydroxyl groups is 1. The van der Waals surface area contributed by atoms with Crippen molar-refractivity contribution in [3.63, 3.8) is 0 Å². The maximum atomic E-state index is 8.90. The molecule has 1 aliphatic heterocycles. The van der Waals surface area contributed by atoms with Gasteiger partial charge >= 0.3 is 0 Å². The first-order chi connectivity index (χ1) is 15.8. The van der Waals surface area contributed by atoms with Gasteiger partial charge in [-0.25, -0.2) is 9.97 Å². The van der Waals surface area contributed by atoms with E-state index in [1.807, 2.05) is 6.20 Å². The summed E-state index contributed by atoms with van der Waals surface area (Å²) >= 11 is 0. The van der Waals surface area contributed by atoms with E-state index in [0.29, 0.717) is 12.6 Å². The number of fused-ring (bicyclic) bond motifs is 1. The van der Waals surface area contributed by atoms with Gasteiger partial charge in [-0.1, -0.05) is 39.8 Å². The van der Waals surface area contributed by atoms with Gasteiger partial charge in [0.1, 0.15) is 5.82 Å². The summed E-state index contributed by atoms with van der Waals surface area (Å²) in [5.74, 6) is 1.87. The maximum absolute atomic E-state index is 8.90. The highest BCUT2D eigenvalue weighted by atomic mass is 16.2. The molecule has 1 aromatic heterocycles. The van der Waals surface area contributed by atoms with Crippen molar-refractivity contribution in [2.45, 2.75) is 89.5 Å². The number of hydrogen-bond acceptors (Lipinski definition) is 5. The molecule has 2 N–H and O–H groups in total. The average Bonchev–Trinajstić information content (AvgIpc) is 2.82. The maximum Gasteiger partial charge on any atom is 0.161 e. The molecule has 2 heterocycles. The van der Waals surface area contributed by atoms with Crippen molar-refractivity contribution in [1.82, 2.24) is 15.3 Å². The summed E-state index contributed by atoms with van der Waals surface area (Å²) in [4.78, 5) is 12.0. The summed E-state index contributed by atoms with van der Waals surface area (Å²) in [7, 11) is 0. The summed E-state index contributed by atoms with van der Waals surface area (Å²) in [6.45, 7) is 12.9. The number of benzene rings is 1. The third-order valence-electron chi connectivity index (χ3n) is 7.84. The minimum atomic E-state index is 0.186. The van der Waals surface area contributed by atoms with Crippen LogP contribution in [0.1, 0.15) is 83.8 Å². The van der Waals surface area contributed by atoms with Gasteiger partial charge in [0, 0.05) is 37.5 Å². The smallest absolute Gasteiger partial charge is 0.161 e. The number of nitrogens with one attached hydrogen (secondary N) is 1. The Balaban J connectivity index is 1.43. The molecule has 180 valence electrons. The van der Waals surface area contributed by atoms with E-state index in [1.165, 1.54) is 24.0 Å². The second-order valence-electron chi connectivity index (χ2n) is 11.3. The molecule has 0 atom stereocenters. The monoisotopic (exact) mass is 450 g/mol. The lowest BCUT2D eigenvalue weighted by molar-refractivity contribution is 0.282. The van der Waals surface area contributed by atoms with Gasteiger partial charge < -0.3 is 15.3 Å². The number of anilines is 1. The Morgan fingerprint density at radius 2 is 1.70 bits per heavy atom. The van der Waals surface area contributed by atoms with Crippen molar-refractivity contribution in [3.8, 4) is 11.4 Å². The van der Waals surface area contributed by atoms with Crippen LogP contribution in [0.4, 0.5) is 5.82 Å². The predicted octanol–water partition coefficient (Wildman–Crippen LogP) is 5.21. The zero-order valence-electron chi connectivity index (χ0n) is 21.0. The standard InChI is InChI=1S/C28H42N4O/c1-27(2)13-14-28(3,4)24-20-21(8-9-23(24)27)26-30-16-10-25(31-26)32-17-11-22(12-18-32)29-15-6-5-7-19-33/h8-10,16,20,22,29,33H,5-7,11-15,17-19H2,1-4H3. The highest BCUT2D eigenvalue weighted by Gasteiger charge is 2.37. The molecular weight excluding hydrogens is 408 g/mol. The van der Waals surface area contributed by atoms with Crippen LogP contribution in [0.2, 0.25) is 0 Å². The van der Waals surface area contributed by atoms with Gasteiger partial charge in [-0.2, -0.15) is 0 Å². The molecule has 0 saturated carbocycles. The molecule has 5 nitrogen and oxygen atoms in total. The lowest BCUT2D eigenvalue weighted by Crippen LogP contribution is -2.43. The van der Waals surface area contributed by atoms with Crippen LogP contribution < -0.4 is 10.2 Å². The molecule has 0 unspecified atom stereocenters. The van der Waals surface area contributed by atoms with Gasteiger partial charge in [0.15, 0.2) is 5.82 Å². The zero-order chi connectivity index (χ0) is 23.5. The quantitative estimate of drug-likeness (QED) is 0.540. The van der Waals surface area contributed by atoms with Gasteiger partial charge in [-0.05, 0) is 85.6 Å². The molecule has 1 aromatic carbocycles. The molecule has 5 heteroatoms. The fourth-order valence-corrected chi connectivity index (χ4v) is 5.42. The number of unbranched alkanes of at least 4 members (excludes halogenated alkanes) is 2. The largest absolute Gasteiger partial charge is 0.396 e. The first-order valence-electron chi connectivity index (χ1n) is 12.9. The van der Waals surface area contributed by atoms with Crippen LogP contribution in [0, 0.1) is 0 Å². The van der Waals surface area contributed by atoms with E-state index in [1.54, 1.807) is 0 Å². The highest BCUT2D eigenvalue weighted by Crippen LogP contribution is 2.46.